The average molecular weight is 276 g/mol. The van der Waals surface area contributed by atoms with Gasteiger partial charge in [0.25, 0.3) is 0 Å². The second-order valence-electron chi connectivity index (χ2n) is 4.14. The van der Waals surface area contributed by atoms with Crippen molar-refractivity contribution < 1.29 is 17.9 Å². The molecule has 1 unspecified atom stereocenters. The highest BCUT2D eigenvalue weighted by Crippen LogP contribution is 2.28. The SMILES string of the molecule is CCCNC(COCC)c1ccc(C(F)(F)F)cn1. The van der Waals surface area contributed by atoms with Gasteiger partial charge in [0.15, 0.2) is 0 Å². The Bertz CT molecular complexity index is 357. The van der Waals surface area contributed by atoms with Gasteiger partial charge in [-0.1, -0.05) is 6.92 Å². The first-order chi connectivity index (χ1) is 8.99. The van der Waals surface area contributed by atoms with Crippen molar-refractivity contribution in [3.63, 3.8) is 0 Å². The summed E-state index contributed by atoms with van der Waals surface area (Å²) in [4.78, 5) is 3.89. The third-order valence-electron chi connectivity index (χ3n) is 2.60. The standard InChI is InChI=1S/C13H19F3N2O/c1-3-7-17-12(9-19-4-2)11-6-5-10(8-18-11)13(14,15)16/h5-6,8,12,17H,3-4,7,9H2,1-2H3. The minimum absolute atomic E-state index is 0.179. The predicted molar refractivity (Wildman–Crippen MR) is 66.8 cm³/mol. The number of alkyl halides is 3. The molecule has 3 nitrogen and oxygen atoms in total. The van der Waals surface area contributed by atoms with Crippen LogP contribution in [0, 0.1) is 0 Å². The molecule has 0 aromatic carbocycles. The smallest absolute Gasteiger partial charge is 0.380 e. The minimum Gasteiger partial charge on any atom is -0.380 e. The molecular formula is C13H19F3N2O. The first kappa shape index (κ1) is 15.9. The van der Waals surface area contributed by atoms with Gasteiger partial charge in [0.1, 0.15) is 0 Å². The van der Waals surface area contributed by atoms with Crippen LogP contribution in [0.1, 0.15) is 37.6 Å². The van der Waals surface area contributed by atoms with Gasteiger partial charge in [0.05, 0.1) is 23.9 Å². The molecule has 1 atom stereocenters. The quantitative estimate of drug-likeness (QED) is 0.830. The Hall–Kier alpha value is -1.14. The average Bonchev–Trinajstić information content (AvgIpc) is 2.38. The highest BCUT2D eigenvalue weighted by molar-refractivity contribution is 5.19. The number of nitrogens with zero attached hydrogens (tertiary/aromatic N) is 1. The van der Waals surface area contributed by atoms with Crippen molar-refractivity contribution in [2.75, 3.05) is 19.8 Å². The van der Waals surface area contributed by atoms with Crippen LogP contribution in [-0.2, 0) is 10.9 Å². The lowest BCUT2D eigenvalue weighted by atomic mass is 10.1. The van der Waals surface area contributed by atoms with E-state index in [2.05, 4.69) is 10.3 Å². The number of nitrogens with one attached hydrogen (secondary N) is 1. The molecule has 0 radical (unpaired) electrons. The summed E-state index contributed by atoms with van der Waals surface area (Å²) in [5.74, 6) is 0. The van der Waals surface area contributed by atoms with Gasteiger partial charge < -0.3 is 10.1 Å². The molecule has 0 saturated heterocycles. The molecule has 0 saturated carbocycles. The molecule has 1 aromatic heterocycles. The van der Waals surface area contributed by atoms with E-state index in [-0.39, 0.29) is 6.04 Å². The normalized spacial score (nSPS) is 13.5. The van der Waals surface area contributed by atoms with Crippen molar-refractivity contribution in [2.45, 2.75) is 32.5 Å². The molecule has 1 aromatic rings. The Morgan fingerprint density at radius 2 is 2.05 bits per heavy atom. The predicted octanol–water partition coefficient (Wildman–Crippen LogP) is 3.18. The Morgan fingerprint density at radius 1 is 1.32 bits per heavy atom. The number of aromatic nitrogens is 1. The van der Waals surface area contributed by atoms with Gasteiger partial charge >= 0.3 is 6.18 Å². The molecule has 108 valence electrons. The maximum atomic E-state index is 12.4. The van der Waals surface area contributed by atoms with Crippen molar-refractivity contribution in [3.8, 4) is 0 Å². The summed E-state index contributed by atoms with van der Waals surface area (Å²) in [6, 6.07) is 2.27. The molecule has 0 aliphatic rings. The molecule has 0 spiro atoms. The van der Waals surface area contributed by atoms with E-state index in [1.165, 1.54) is 6.07 Å². The van der Waals surface area contributed by atoms with Crippen LogP contribution in [0.2, 0.25) is 0 Å². The number of halogens is 3. The largest absolute Gasteiger partial charge is 0.417 e. The minimum atomic E-state index is -4.35. The number of ether oxygens (including phenoxy) is 1. The van der Waals surface area contributed by atoms with Gasteiger partial charge in [-0.3, -0.25) is 4.98 Å². The number of rotatable bonds is 7. The Morgan fingerprint density at radius 3 is 2.53 bits per heavy atom. The topological polar surface area (TPSA) is 34.1 Å². The van der Waals surface area contributed by atoms with Gasteiger partial charge in [-0.15, -0.1) is 0 Å². The van der Waals surface area contributed by atoms with Crippen molar-refractivity contribution in [2.24, 2.45) is 0 Å². The van der Waals surface area contributed by atoms with Crippen molar-refractivity contribution in [1.82, 2.24) is 10.3 Å². The van der Waals surface area contributed by atoms with Crippen LogP contribution in [0.3, 0.4) is 0 Å². The van der Waals surface area contributed by atoms with Crippen LogP contribution >= 0.6 is 0 Å². The molecule has 6 heteroatoms. The number of pyridine rings is 1. The summed E-state index contributed by atoms with van der Waals surface area (Å²) in [5.41, 5.74) is -0.170. The van der Waals surface area contributed by atoms with Gasteiger partial charge in [0.2, 0.25) is 0 Å². The van der Waals surface area contributed by atoms with Gasteiger partial charge in [-0.25, -0.2) is 0 Å². The fraction of sp³-hybridized carbons (Fsp3) is 0.615. The Labute approximate surface area is 111 Å². The molecule has 0 amide bonds. The second kappa shape index (κ2) is 7.45. The first-order valence-electron chi connectivity index (χ1n) is 6.33. The zero-order valence-electron chi connectivity index (χ0n) is 11.1. The van der Waals surface area contributed by atoms with Gasteiger partial charge in [-0.05, 0) is 32.0 Å². The van der Waals surface area contributed by atoms with Crippen LogP contribution < -0.4 is 5.32 Å². The van der Waals surface area contributed by atoms with E-state index in [1.807, 2.05) is 13.8 Å². The van der Waals surface area contributed by atoms with E-state index in [4.69, 9.17) is 4.74 Å². The maximum Gasteiger partial charge on any atom is 0.417 e. The van der Waals surface area contributed by atoms with E-state index in [1.54, 1.807) is 0 Å². The third kappa shape index (κ3) is 5.16. The molecule has 0 aliphatic carbocycles. The third-order valence-corrected chi connectivity index (χ3v) is 2.60. The Kier molecular flexibility index (Phi) is 6.24. The van der Waals surface area contributed by atoms with E-state index in [0.717, 1.165) is 25.2 Å². The summed E-state index contributed by atoms with van der Waals surface area (Å²) in [7, 11) is 0. The molecule has 1 rings (SSSR count). The monoisotopic (exact) mass is 276 g/mol. The van der Waals surface area contributed by atoms with Crippen molar-refractivity contribution in [1.29, 1.82) is 0 Å². The summed E-state index contributed by atoms with van der Waals surface area (Å²) in [6.07, 6.45) is -2.55. The van der Waals surface area contributed by atoms with Crippen molar-refractivity contribution >= 4 is 0 Å². The molecule has 1 N–H and O–H groups in total. The van der Waals surface area contributed by atoms with Crippen LogP contribution in [0.5, 0.6) is 0 Å². The van der Waals surface area contributed by atoms with Gasteiger partial charge in [-0.2, -0.15) is 13.2 Å². The van der Waals surface area contributed by atoms with Crippen LogP contribution in [-0.4, -0.2) is 24.7 Å². The van der Waals surface area contributed by atoms with E-state index >= 15 is 0 Å². The zero-order chi connectivity index (χ0) is 14.3. The molecule has 0 fully saturated rings. The second-order valence-corrected chi connectivity index (χ2v) is 4.14. The molecule has 0 bridgehead atoms. The van der Waals surface area contributed by atoms with E-state index in [9.17, 15) is 13.2 Å². The number of hydrogen-bond donors (Lipinski definition) is 1. The maximum absolute atomic E-state index is 12.4. The van der Waals surface area contributed by atoms with Crippen LogP contribution in [0.15, 0.2) is 18.3 Å². The van der Waals surface area contributed by atoms with Crippen molar-refractivity contribution in [3.05, 3.63) is 29.6 Å². The highest BCUT2D eigenvalue weighted by Gasteiger charge is 2.30. The first-order valence-corrected chi connectivity index (χ1v) is 6.33. The zero-order valence-corrected chi connectivity index (χ0v) is 11.1. The number of hydrogen-bond acceptors (Lipinski definition) is 3. The fourth-order valence-electron chi connectivity index (χ4n) is 1.58. The van der Waals surface area contributed by atoms with Crippen LogP contribution in [0.25, 0.3) is 0 Å². The highest BCUT2D eigenvalue weighted by atomic mass is 19.4. The lowest BCUT2D eigenvalue weighted by Crippen LogP contribution is -2.27. The molecule has 0 aliphatic heterocycles. The molecular weight excluding hydrogens is 257 g/mol. The summed E-state index contributed by atoms with van der Waals surface area (Å²) >= 11 is 0. The lowest BCUT2D eigenvalue weighted by Gasteiger charge is -2.18. The van der Waals surface area contributed by atoms with Gasteiger partial charge in [0, 0.05) is 12.8 Å². The van der Waals surface area contributed by atoms with E-state index < -0.39 is 11.7 Å². The fourth-order valence-corrected chi connectivity index (χ4v) is 1.58. The van der Waals surface area contributed by atoms with Crippen LogP contribution in [0.4, 0.5) is 13.2 Å². The summed E-state index contributed by atoms with van der Waals surface area (Å²) in [5, 5.41) is 3.21. The van der Waals surface area contributed by atoms with E-state index in [0.29, 0.717) is 18.9 Å². The molecule has 1 heterocycles. The molecule has 19 heavy (non-hydrogen) atoms. The Balaban J connectivity index is 2.78. The summed E-state index contributed by atoms with van der Waals surface area (Å²) in [6.45, 7) is 5.61. The summed E-state index contributed by atoms with van der Waals surface area (Å²) < 4.78 is 42.7. The lowest BCUT2D eigenvalue weighted by molar-refractivity contribution is -0.137.